The van der Waals surface area contributed by atoms with Crippen molar-refractivity contribution in [2.24, 2.45) is 0 Å². The molecule has 0 heterocycles. The highest BCUT2D eigenvalue weighted by molar-refractivity contribution is 7.90. The second kappa shape index (κ2) is 8.28. The third-order valence-electron chi connectivity index (χ3n) is 2.75. The monoisotopic (exact) mass is 342 g/mol. The normalized spacial score (nSPS) is 10.8. The molecular formula is C14H18N2O6S. The van der Waals surface area contributed by atoms with Crippen LogP contribution in [0.15, 0.2) is 24.3 Å². The van der Waals surface area contributed by atoms with Crippen LogP contribution in [0.1, 0.15) is 23.2 Å². The highest BCUT2D eigenvalue weighted by atomic mass is 32.2. The highest BCUT2D eigenvalue weighted by Gasteiger charge is 2.09. The number of aliphatic carboxylic acids is 1. The Morgan fingerprint density at radius 2 is 1.74 bits per heavy atom. The van der Waals surface area contributed by atoms with Gasteiger partial charge >= 0.3 is 5.97 Å². The van der Waals surface area contributed by atoms with Gasteiger partial charge in [0, 0.05) is 23.9 Å². The average molecular weight is 342 g/mol. The van der Waals surface area contributed by atoms with Crippen LogP contribution in [0, 0.1) is 0 Å². The number of anilines is 1. The zero-order valence-electron chi connectivity index (χ0n) is 12.5. The molecule has 3 N–H and O–H groups in total. The molecule has 8 nitrogen and oxygen atoms in total. The van der Waals surface area contributed by atoms with Gasteiger partial charge in [-0.15, -0.1) is 0 Å². The Balaban J connectivity index is 2.48. The number of amides is 2. The molecule has 0 radical (unpaired) electrons. The van der Waals surface area contributed by atoms with Gasteiger partial charge < -0.3 is 15.7 Å². The Morgan fingerprint density at radius 3 is 2.26 bits per heavy atom. The molecule has 1 rings (SSSR count). The molecule has 0 aliphatic heterocycles. The molecule has 0 bridgehead atoms. The predicted octanol–water partition coefficient (Wildman–Crippen LogP) is 0.264. The molecule has 0 saturated carbocycles. The van der Waals surface area contributed by atoms with Crippen LogP contribution in [0.5, 0.6) is 0 Å². The number of carboxylic acids is 1. The maximum absolute atomic E-state index is 11.6. The molecule has 1 aromatic rings. The van der Waals surface area contributed by atoms with E-state index in [9.17, 15) is 22.8 Å². The van der Waals surface area contributed by atoms with Crippen molar-refractivity contribution in [3.63, 3.8) is 0 Å². The molecule has 0 aromatic heterocycles. The second-order valence-corrected chi connectivity index (χ2v) is 7.20. The molecule has 0 atom stereocenters. The van der Waals surface area contributed by atoms with Crippen LogP contribution in [0.2, 0.25) is 0 Å². The summed E-state index contributed by atoms with van der Waals surface area (Å²) in [6.45, 7) is -0.475. The summed E-state index contributed by atoms with van der Waals surface area (Å²) in [5.74, 6) is -2.05. The molecule has 0 spiro atoms. The largest absolute Gasteiger partial charge is 0.480 e. The minimum Gasteiger partial charge on any atom is -0.480 e. The molecule has 9 heteroatoms. The van der Waals surface area contributed by atoms with Crippen molar-refractivity contribution in [2.75, 3.05) is 23.9 Å². The number of carbonyl (C=O) groups is 3. The average Bonchev–Trinajstić information content (AvgIpc) is 2.44. The van der Waals surface area contributed by atoms with Crippen LogP contribution in [-0.4, -0.2) is 49.9 Å². The van der Waals surface area contributed by atoms with Crippen molar-refractivity contribution in [1.82, 2.24) is 5.32 Å². The number of hydrogen-bond acceptors (Lipinski definition) is 5. The molecule has 0 aliphatic rings. The fraction of sp³-hybridized carbons (Fsp3) is 0.357. The van der Waals surface area contributed by atoms with Crippen LogP contribution < -0.4 is 10.6 Å². The summed E-state index contributed by atoms with van der Waals surface area (Å²) < 4.78 is 21.9. The Morgan fingerprint density at radius 1 is 1.13 bits per heavy atom. The number of carbonyl (C=O) groups excluding carboxylic acids is 2. The summed E-state index contributed by atoms with van der Waals surface area (Å²) in [6, 6.07) is 5.90. The highest BCUT2D eigenvalue weighted by Crippen LogP contribution is 2.10. The molecule has 0 unspecified atom stereocenters. The lowest BCUT2D eigenvalue weighted by Crippen LogP contribution is -2.29. The summed E-state index contributed by atoms with van der Waals surface area (Å²) in [4.78, 5) is 33.6. The van der Waals surface area contributed by atoms with E-state index in [-0.39, 0.29) is 30.1 Å². The number of rotatable bonds is 8. The van der Waals surface area contributed by atoms with E-state index in [1.54, 1.807) is 0 Å². The molecule has 0 aliphatic carbocycles. The quantitative estimate of drug-likeness (QED) is 0.621. The van der Waals surface area contributed by atoms with Crippen molar-refractivity contribution in [3.8, 4) is 0 Å². The molecule has 1 aromatic carbocycles. The SMILES string of the molecule is CS(=O)(=O)CCCC(=O)Nc1ccc(C(=O)NCC(=O)O)cc1. The van der Waals surface area contributed by atoms with E-state index in [1.165, 1.54) is 24.3 Å². The van der Waals surface area contributed by atoms with Gasteiger partial charge in [-0.3, -0.25) is 14.4 Å². The fourth-order valence-corrected chi connectivity index (χ4v) is 2.35. The van der Waals surface area contributed by atoms with E-state index < -0.39 is 28.3 Å². The molecule has 2 amide bonds. The van der Waals surface area contributed by atoms with Gasteiger partial charge in [-0.25, -0.2) is 8.42 Å². The summed E-state index contributed by atoms with van der Waals surface area (Å²) in [5.41, 5.74) is 0.727. The first-order valence-electron chi connectivity index (χ1n) is 6.75. The number of sulfone groups is 1. The van der Waals surface area contributed by atoms with E-state index in [2.05, 4.69) is 10.6 Å². The van der Waals surface area contributed by atoms with Crippen LogP contribution in [-0.2, 0) is 19.4 Å². The molecular weight excluding hydrogens is 324 g/mol. The van der Waals surface area contributed by atoms with Gasteiger partial charge in [-0.1, -0.05) is 0 Å². The van der Waals surface area contributed by atoms with Crippen LogP contribution >= 0.6 is 0 Å². The molecule has 0 fully saturated rings. The van der Waals surface area contributed by atoms with Crippen LogP contribution in [0.4, 0.5) is 5.69 Å². The van der Waals surface area contributed by atoms with Gasteiger partial charge in [0.2, 0.25) is 5.91 Å². The summed E-state index contributed by atoms with van der Waals surface area (Å²) >= 11 is 0. The minimum atomic E-state index is -3.09. The van der Waals surface area contributed by atoms with Crippen molar-refractivity contribution >= 4 is 33.3 Å². The Hall–Kier alpha value is -2.42. The lowest BCUT2D eigenvalue weighted by atomic mass is 10.2. The topological polar surface area (TPSA) is 130 Å². The maximum Gasteiger partial charge on any atom is 0.322 e. The number of carboxylic acid groups (broad SMARTS) is 1. The fourth-order valence-electron chi connectivity index (χ4n) is 1.68. The minimum absolute atomic E-state index is 0.0525. The zero-order chi connectivity index (χ0) is 17.5. The van der Waals surface area contributed by atoms with Crippen molar-refractivity contribution in [1.29, 1.82) is 0 Å². The van der Waals surface area contributed by atoms with Gasteiger partial charge in [0.1, 0.15) is 16.4 Å². The van der Waals surface area contributed by atoms with E-state index in [4.69, 9.17) is 5.11 Å². The van der Waals surface area contributed by atoms with Crippen molar-refractivity contribution in [3.05, 3.63) is 29.8 Å². The van der Waals surface area contributed by atoms with Crippen molar-refractivity contribution < 1.29 is 27.9 Å². The molecule has 0 saturated heterocycles. The number of nitrogens with one attached hydrogen (secondary N) is 2. The van der Waals surface area contributed by atoms with Gasteiger partial charge in [0.25, 0.3) is 5.91 Å². The van der Waals surface area contributed by atoms with Crippen LogP contribution in [0.25, 0.3) is 0 Å². The van der Waals surface area contributed by atoms with Gasteiger partial charge in [0.15, 0.2) is 0 Å². The first-order chi connectivity index (χ1) is 10.7. The third kappa shape index (κ3) is 7.96. The Bertz CT molecular complexity index is 682. The first-order valence-corrected chi connectivity index (χ1v) is 8.81. The lowest BCUT2D eigenvalue weighted by molar-refractivity contribution is -0.135. The zero-order valence-corrected chi connectivity index (χ0v) is 13.4. The number of hydrogen-bond donors (Lipinski definition) is 3. The van der Waals surface area contributed by atoms with E-state index in [0.29, 0.717) is 5.69 Å². The Labute approximate surface area is 133 Å². The van der Waals surface area contributed by atoms with Gasteiger partial charge in [0.05, 0.1) is 5.75 Å². The van der Waals surface area contributed by atoms with Gasteiger partial charge in [-0.2, -0.15) is 0 Å². The summed E-state index contributed by atoms with van der Waals surface area (Å²) in [5, 5.41) is 13.3. The lowest BCUT2D eigenvalue weighted by Gasteiger charge is -2.06. The Kier molecular flexibility index (Phi) is 6.70. The third-order valence-corrected chi connectivity index (χ3v) is 3.78. The van der Waals surface area contributed by atoms with E-state index in [1.807, 2.05) is 0 Å². The summed E-state index contributed by atoms with van der Waals surface area (Å²) in [6.07, 6.45) is 1.42. The van der Waals surface area contributed by atoms with Crippen LogP contribution in [0.3, 0.4) is 0 Å². The summed E-state index contributed by atoms with van der Waals surface area (Å²) in [7, 11) is -3.09. The standard InChI is InChI=1S/C14H18N2O6S/c1-23(21,22)8-2-3-12(17)16-11-6-4-10(5-7-11)14(20)15-9-13(18)19/h4-7H,2-3,8-9H2,1H3,(H,15,20)(H,16,17)(H,18,19). The number of benzene rings is 1. The van der Waals surface area contributed by atoms with E-state index in [0.717, 1.165) is 6.26 Å². The second-order valence-electron chi connectivity index (χ2n) is 4.94. The van der Waals surface area contributed by atoms with Gasteiger partial charge in [-0.05, 0) is 30.7 Å². The smallest absolute Gasteiger partial charge is 0.322 e. The molecule has 23 heavy (non-hydrogen) atoms. The molecule has 126 valence electrons. The van der Waals surface area contributed by atoms with E-state index >= 15 is 0 Å². The predicted molar refractivity (Wildman–Crippen MR) is 84.0 cm³/mol. The first kappa shape index (κ1) is 18.6. The maximum atomic E-state index is 11.6. The van der Waals surface area contributed by atoms with Crippen molar-refractivity contribution in [2.45, 2.75) is 12.8 Å².